The Morgan fingerprint density at radius 3 is 2.22 bits per heavy atom. The summed E-state index contributed by atoms with van der Waals surface area (Å²) < 4.78 is 15.2. The Morgan fingerprint density at radius 2 is 1.50 bits per heavy atom. The topological polar surface area (TPSA) is 86.3 Å². The first-order valence-electron chi connectivity index (χ1n) is 29.1. The van der Waals surface area contributed by atoms with E-state index in [1.807, 2.05) is 17.0 Å². The van der Waals surface area contributed by atoms with Crippen LogP contribution in [0.4, 0.5) is 5.69 Å². The van der Waals surface area contributed by atoms with E-state index in [-0.39, 0.29) is 45.6 Å². The van der Waals surface area contributed by atoms with Crippen LogP contribution < -0.4 is 14.8 Å². The molecule has 9 nitrogen and oxygen atoms in total. The minimum Gasteiger partial charge on any atom is -0.462 e. The van der Waals surface area contributed by atoms with Gasteiger partial charge in [0.15, 0.2) is 0 Å². The lowest BCUT2D eigenvalue weighted by Crippen LogP contribution is -2.67. The lowest BCUT2D eigenvalue weighted by Gasteiger charge is -2.73. The first-order valence-corrected chi connectivity index (χ1v) is 29.1. The molecule has 398 valence electrons. The third kappa shape index (κ3) is 8.19. The number of allylic oxidation sites excluding steroid dienone is 1. The summed E-state index contributed by atoms with van der Waals surface area (Å²) in [6.07, 6.45) is 11.5. The minimum absolute atomic E-state index is 0.0207. The van der Waals surface area contributed by atoms with Crippen molar-refractivity contribution in [3.05, 3.63) is 83.7 Å². The molecule has 0 aromatic heterocycles. The molecule has 2 amide bonds. The Morgan fingerprint density at radius 1 is 0.757 bits per heavy atom. The molecule has 5 saturated carbocycles. The van der Waals surface area contributed by atoms with Crippen LogP contribution in [-0.2, 0) is 14.3 Å². The van der Waals surface area contributed by atoms with Crippen LogP contribution in [0, 0.1) is 56.7 Å². The Hall–Kier alpha value is -4.92. The molecule has 0 spiro atoms. The molecule has 0 N–H and O–H groups in total. The van der Waals surface area contributed by atoms with Gasteiger partial charge in [-0.05, 0) is 187 Å². The minimum atomic E-state index is -0.401. The van der Waals surface area contributed by atoms with E-state index in [0.717, 1.165) is 128 Å². The van der Waals surface area contributed by atoms with E-state index < -0.39 is 5.41 Å². The molecular formula is C65H89N4O5+. The zero-order chi connectivity index (χ0) is 52.7. The highest BCUT2D eigenvalue weighted by molar-refractivity contribution is 6.04. The van der Waals surface area contributed by atoms with E-state index in [4.69, 9.17) is 9.15 Å². The van der Waals surface area contributed by atoms with Crippen molar-refractivity contribution in [2.75, 3.05) is 57.3 Å². The van der Waals surface area contributed by atoms with Gasteiger partial charge >= 0.3 is 5.97 Å². The molecule has 1 saturated heterocycles. The summed E-state index contributed by atoms with van der Waals surface area (Å²) >= 11 is 0. The fourth-order valence-electron chi connectivity index (χ4n) is 18.3. The van der Waals surface area contributed by atoms with Gasteiger partial charge in [0.05, 0.1) is 11.5 Å². The van der Waals surface area contributed by atoms with E-state index in [0.29, 0.717) is 61.3 Å². The van der Waals surface area contributed by atoms with Gasteiger partial charge in [-0.1, -0.05) is 58.9 Å². The van der Waals surface area contributed by atoms with Crippen LogP contribution in [0.25, 0.3) is 33.4 Å². The summed E-state index contributed by atoms with van der Waals surface area (Å²) in [6, 6.07) is 21.3. The van der Waals surface area contributed by atoms with Gasteiger partial charge in [0, 0.05) is 91.5 Å². The van der Waals surface area contributed by atoms with E-state index >= 15 is 4.79 Å². The lowest BCUT2D eigenvalue weighted by molar-refractivity contribution is -0.249. The number of amides is 2. The second kappa shape index (κ2) is 19.6. The Labute approximate surface area is 443 Å². The molecule has 10 rings (SSSR count). The number of fused-ring (bicyclic) bond motifs is 9. The molecule has 2 aromatic rings. The summed E-state index contributed by atoms with van der Waals surface area (Å²) in [5.74, 6) is 3.20. The third-order valence-electron chi connectivity index (χ3n) is 22.2. The van der Waals surface area contributed by atoms with Gasteiger partial charge in [-0.3, -0.25) is 14.4 Å². The molecule has 2 aromatic carbocycles. The van der Waals surface area contributed by atoms with E-state index in [1.165, 1.54) is 18.4 Å². The lowest BCUT2D eigenvalue weighted by atomic mass is 9.32. The molecule has 8 aliphatic rings. The number of esters is 1. The molecule has 74 heavy (non-hydrogen) atoms. The molecule has 6 aliphatic carbocycles. The van der Waals surface area contributed by atoms with Crippen molar-refractivity contribution in [3.63, 3.8) is 0 Å². The summed E-state index contributed by atoms with van der Waals surface area (Å²) in [4.78, 5) is 49.4. The van der Waals surface area contributed by atoms with Crippen LogP contribution in [-0.4, -0.2) is 86.0 Å². The van der Waals surface area contributed by atoms with Crippen molar-refractivity contribution < 1.29 is 23.5 Å². The van der Waals surface area contributed by atoms with Gasteiger partial charge in [-0.25, -0.2) is 4.58 Å². The zero-order valence-electron chi connectivity index (χ0n) is 47.2. The summed E-state index contributed by atoms with van der Waals surface area (Å²) in [7, 11) is 0. The quantitative estimate of drug-likeness (QED) is 0.0681. The SMILES string of the molecule is C=C(C)[C@@H]1CC[C@]2(C(=O)N3CCCN(C(=O)c4cccc(-c5c6ccc(=[N+](CC)CC)cc-6oc6cc(N(CC)CC)ccc56)c4)CC3)CC[C@]3(C)[C@H](CC[C@@H]4[C@@]5(C)CC[C@H](OC(C)=O)C(C)(C)[C@@H]5CC[C@]43C)[C@@H]12. The predicted octanol–water partition coefficient (Wildman–Crippen LogP) is 13.1. The molecule has 0 unspecified atom stereocenters. The number of rotatable bonds is 10. The van der Waals surface area contributed by atoms with Gasteiger partial charge in [0.2, 0.25) is 11.3 Å². The highest BCUT2D eigenvalue weighted by atomic mass is 16.5. The Kier molecular flexibility index (Phi) is 13.9. The van der Waals surface area contributed by atoms with Crippen LogP contribution in [0.3, 0.4) is 0 Å². The normalized spacial score (nSPS) is 32.4. The van der Waals surface area contributed by atoms with Gasteiger partial charge < -0.3 is 23.9 Å². The predicted molar refractivity (Wildman–Crippen MR) is 300 cm³/mol. The number of anilines is 1. The zero-order valence-corrected chi connectivity index (χ0v) is 47.2. The number of hydrogen-bond donors (Lipinski definition) is 0. The van der Waals surface area contributed by atoms with Gasteiger partial charge in [-0.2, -0.15) is 0 Å². The van der Waals surface area contributed by atoms with Gasteiger partial charge in [-0.15, -0.1) is 0 Å². The maximum absolute atomic E-state index is 15.7. The molecule has 0 bridgehead atoms. The number of benzene rings is 3. The fraction of sp³-hybridized carbons (Fsp3) is 0.631. The number of nitrogens with zero attached hydrogens (tertiary/aromatic N) is 4. The monoisotopic (exact) mass is 1010 g/mol. The van der Waals surface area contributed by atoms with Crippen LogP contribution in [0.15, 0.2) is 77.2 Å². The van der Waals surface area contributed by atoms with Crippen molar-refractivity contribution in [1.82, 2.24) is 14.4 Å². The number of hydrogen-bond acceptors (Lipinski definition) is 6. The van der Waals surface area contributed by atoms with Gasteiger partial charge in [0.1, 0.15) is 30.5 Å². The van der Waals surface area contributed by atoms with Crippen LogP contribution in [0.2, 0.25) is 0 Å². The van der Waals surface area contributed by atoms with E-state index in [2.05, 4.69) is 139 Å². The fourth-order valence-corrected chi connectivity index (χ4v) is 18.3. The molecular weight excluding hydrogens is 917 g/mol. The number of ether oxygens (including phenoxy) is 1. The number of carbonyl (C=O) groups excluding carboxylic acids is 3. The number of carbonyl (C=O) groups is 3. The summed E-state index contributed by atoms with van der Waals surface area (Å²) in [5, 5.41) is 2.15. The van der Waals surface area contributed by atoms with Gasteiger partial charge in [0.25, 0.3) is 5.91 Å². The van der Waals surface area contributed by atoms with E-state index in [1.54, 1.807) is 6.92 Å². The molecule has 6 fully saturated rings. The standard InChI is InChI=1S/C65H89N4O5/c1-13-66(14-2)46-21-23-49-52(40-46)74-53-41-47(67(15-3)16-4)22-24-50(53)57(49)44-19-17-20-45(39-44)59(71)68-35-18-36-69(38-37-68)60(72)65-32-27-48(42(5)6)58(65)51-25-26-55-62(10)30-29-56(73-43(7)70)61(8,9)54(62)28-31-64(55,12)63(51,11)33-34-65/h17,19-24,39-41,48,51,54-56,58H,5,13-16,18,25-38H2,1-4,6-12H3/q+1/t48-,51+,54-,55+,56-,58+,62-,63+,64+,65-/m0/s1. The molecule has 0 radical (unpaired) electrons. The molecule has 2 aliphatic heterocycles. The average Bonchev–Trinajstić information content (AvgIpc) is 3.62. The van der Waals surface area contributed by atoms with Crippen LogP contribution >= 0.6 is 0 Å². The maximum atomic E-state index is 15.7. The van der Waals surface area contributed by atoms with Crippen molar-refractivity contribution in [1.29, 1.82) is 0 Å². The second-order valence-corrected chi connectivity index (χ2v) is 25.5. The van der Waals surface area contributed by atoms with E-state index in [9.17, 15) is 9.59 Å². The molecule has 2 heterocycles. The van der Waals surface area contributed by atoms with Crippen LogP contribution in [0.1, 0.15) is 157 Å². The largest absolute Gasteiger partial charge is 0.462 e. The van der Waals surface area contributed by atoms with Crippen molar-refractivity contribution in [2.24, 2.45) is 56.7 Å². The highest BCUT2D eigenvalue weighted by Crippen LogP contribution is 2.78. The smallest absolute Gasteiger partial charge is 0.302 e. The van der Waals surface area contributed by atoms with Crippen LogP contribution in [0.5, 0.6) is 0 Å². The maximum Gasteiger partial charge on any atom is 0.302 e. The van der Waals surface area contributed by atoms with Crippen molar-refractivity contribution in [2.45, 2.75) is 153 Å². The first kappa shape index (κ1) is 52.5. The molecule has 10 atom stereocenters. The first-order chi connectivity index (χ1) is 35.3. The van der Waals surface area contributed by atoms with Crippen molar-refractivity contribution in [3.8, 4) is 22.5 Å². The highest BCUT2D eigenvalue weighted by Gasteiger charge is 2.72. The Balaban J connectivity index is 0.906. The molecule has 9 heteroatoms. The third-order valence-corrected chi connectivity index (χ3v) is 22.2. The Bertz CT molecular complexity index is 2870. The second-order valence-electron chi connectivity index (χ2n) is 25.5. The summed E-state index contributed by atoms with van der Waals surface area (Å²) in [5.41, 5.74) is 6.92. The average molecular weight is 1010 g/mol. The van der Waals surface area contributed by atoms with Crippen molar-refractivity contribution >= 4 is 34.4 Å². The summed E-state index contributed by atoms with van der Waals surface area (Å²) in [6.45, 7) is 35.8.